The summed E-state index contributed by atoms with van der Waals surface area (Å²) in [6.07, 6.45) is 7.66. The highest BCUT2D eigenvalue weighted by Crippen LogP contribution is 2.24. The van der Waals surface area contributed by atoms with Crippen LogP contribution in [-0.4, -0.2) is 59.8 Å². The van der Waals surface area contributed by atoms with E-state index in [2.05, 4.69) is 33.6 Å². The molecule has 0 amide bonds. The van der Waals surface area contributed by atoms with Gasteiger partial charge in [0.05, 0.1) is 24.6 Å². The molecule has 0 saturated carbocycles. The molecule has 2 fully saturated rings. The fourth-order valence-electron chi connectivity index (χ4n) is 3.83. The van der Waals surface area contributed by atoms with Crippen molar-refractivity contribution < 1.29 is 4.74 Å². The molecule has 2 saturated heterocycles. The molecule has 2 aliphatic rings. The molecule has 3 rings (SSSR count). The molecule has 0 aromatic carbocycles. The van der Waals surface area contributed by atoms with Gasteiger partial charge in [0, 0.05) is 26.2 Å². The Morgan fingerprint density at radius 2 is 1.88 bits per heavy atom. The monoisotopic (exact) mass is 329 g/mol. The highest BCUT2D eigenvalue weighted by Gasteiger charge is 2.24. The Balaban J connectivity index is 1.42. The summed E-state index contributed by atoms with van der Waals surface area (Å²) in [6.45, 7) is 9.69. The van der Waals surface area contributed by atoms with Crippen LogP contribution in [0.2, 0.25) is 0 Å². The molecular weight excluding hydrogens is 302 g/mol. The average Bonchev–Trinajstić information content (AvgIpc) is 2.60. The van der Waals surface area contributed by atoms with Gasteiger partial charge in [-0.3, -0.25) is 4.90 Å². The predicted molar refractivity (Wildman–Crippen MR) is 92.8 cm³/mol. The molecule has 2 unspecified atom stereocenters. The number of ether oxygens (including phenoxy) is 1. The predicted octanol–water partition coefficient (Wildman–Crippen LogP) is 2.06. The van der Waals surface area contributed by atoms with Crippen LogP contribution in [-0.2, 0) is 4.74 Å². The van der Waals surface area contributed by atoms with E-state index in [-0.39, 0.29) is 0 Å². The lowest BCUT2D eigenvalue weighted by Gasteiger charge is -2.37. The van der Waals surface area contributed by atoms with E-state index in [1.807, 2.05) is 6.07 Å². The number of piperidine rings is 1. The van der Waals surface area contributed by atoms with Gasteiger partial charge in [0.15, 0.2) is 5.69 Å². The molecule has 6 nitrogen and oxygen atoms in total. The normalized spacial score (nSPS) is 26.3. The summed E-state index contributed by atoms with van der Waals surface area (Å²) in [7, 11) is 0. The topological polar surface area (TPSA) is 65.3 Å². The summed E-state index contributed by atoms with van der Waals surface area (Å²) >= 11 is 0. The molecule has 0 spiro atoms. The summed E-state index contributed by atoms with van der Waals surface area (Å²) in [5.41, 5.74) is 0.377. The van der Waals surface area contributed by atoms with Crippen LogP contribution in [0, 0.1) is 17.2 Å². The van der Waals surface area contributed by atoms with Gasteiger partial charge in [0.25, 0.3) is 0 Å². The minimum atomic E-state index is 0.352. The number of rotatable bonds is 4. The molecule has 6 heteroatoms. The van der Waals surface area contributed by atoms with Crippen LogP contribution in [0.4, 0.5) is 5.82 Å². The number of hydrogen-bond donors (Lipinski definition) is 0. The average molecular weight is 329 g/mol. The quantitative estimate of drug-likeness (QED) is 0.842. The van der Waals surface area contributed by atoms with E-state index >= 15 is 0 Å². The van der Waals surface area contributed by atoms with Crippen molar-refractivity contribution in [1.29, 1.82) is 5.26 Å². The lowest BCUT2D eigenvalue weighted by Crippen LogP contribution is -2.46. The molecule has 1 aromatic rings. The molecule has 0 aliphatic carbocycles. The van der Waals surface area contributed by atoms with Crippen molar-refractivity contribution in [2.45, 2.75) is 45.3 Å². The Bertz CT molecular complexity index is 552. The maximum Gasteiger partial charge on any atom is 0.158 e. The van der Waals surface area contributed by atoms with Crippen molar-refractivity contribution in [3.05, 3.63) is 18.1 Å². The Kier molecular flexibility index (Phi) is 5.64. The number of aromatic nitrogens is 2. The molecule has 0 N–H and O–H groups in total. The van der Waals surface area contributed by atoms with Gasteiger partial charge in [-0.15, -0.1) is 0 Å². The van der Waals surface area contributed by atoms with Gasteiger partial charge in [-0.25, -0.2) is 9.97 Å². The van der Waals surface area contributed by atoms with Crippen LogP contribution in [0.25, 0.3) is 0 Å². The van der Waals surface area contributed by atoms with Gasteiger partial charge in [-0.2, -0.15) is 5.26 Å². The second kappa shape index (κ2) is 7.91. The molecular formula is C18H27N5O. The number of nitrogens with zero attached hydrogens (tertiary/aromatic N) is 5. The van der Waals surface area contributed by atoms with Crippen molar-refractivity contribution in [1.82, 2.24) is 14.9 Å². The van der Waals surface area contributed by atoms with Crippen LogP contribution in [0.1, 0.15) is 38.8 Å². The molecule has 24 heavy (non-hydrogen) atoms. The highest BCUT2D eigenvalue weighted by atomic mass is 16.5. The summed E-state index contributed by atoms with van der Waals surface area (Å²) in [6, 6.07) is 2.01. The third kappa shape index (κ3) is 4.43. The minimum Gasteiger partial charge on any atom is -0.373 e. The van der Waals surface area contributed by atoms with E-state index in [0.29, 0.717) is 17.9 Å². The van der Waals surface area contributed by atoms with Gasteiger partial charge in [-0.05, 0) is 45.6 Å². The molecule has 1 aromatic heterocycles. The van der Waals surface area contributed by atoms with E-state index < -0.39 is 0 Å². The van der Waals surface area contributed by atoms with E-state index in [4.69, 9.17) is 10.00 Å². The lowest BCUT2D eigenvalue weighted by atomic mass is 9.93. The van der Waals surface area contributed by atoms with Crippen LogP contribution in [0.3, 0.4) is 0 Å². The van der Waals surface area contributed by atoms with Gasteiger partial charge >= 0.3 is 0 Å². The molecule has 3 heterocycles. The maximum atomic E-state index is 8.79. The number of anilines is 1. The lowest BCUT2D eigenvalue weighted by molar-refractivity contribution is -0.0690. The minimum absolute atomic E-state index is 0.352. The first kappa shape index (κ1) is 17.1. The van der Waals surface area contributed by atoms with Gasteiger partial charge < -0.3 is 9.64 Å². The first-order valence-corrected chi connectivity index (χ1v) is 8.99. The van der Waals surface area contributed by atoms with Crippen LogP contribution in [0.15, 0.2) is 12.4 Å². The van der Waals surface area contributed by atoms with Crippen molar-refractivity contribution >= 4 is 5.82 Å². The first-order chi connectivity index (χ1) is 11.6. The maximum absolute atomic E-state index is 8.79. The van der Waals surface area contributed by atoms with Gasteiger partial charge in [0.1, 0.15) is 11.9 Å². The third-order valence-electron chi connectivity index (χ3n) is 5.04. The second-order valence-electron chi connectivity index (χ2n) is 7.11. The van der Waals surface area contributed by atoms with E-state index in [0.717, 1.165) is 37.9 Å². The molecule has 2 aliphatic heterocycles. The van der Waals surface area contributed by atoms with Crippen LogP contribution >= 0.6 is 0 Å². The fourth-order valence-corrected chi connectivity index (χ4v) is 3.83. The summed E-state index contributed by atoms with van der Waals surface area (Å²) in [5.74, 6) is 1.68. The van der Waals surface area contributed by atoms with Crippen molar-refractivity contribution in [3.63, 3.8) is 0 Å². The Hall–Kier alpha value is -1.71. The van der Waals surface area contributed by atoms with Crippen molar-refractivity contribution in [2.75, 3.05) is 37.6 Å². The highest BCUT2D eigenvalue weighted by molar-refractivity contribution is 5.37. The van der Waals surface area contributed by atoms with E-state index in [9.17, 15) is 0 Å². The molecule has 0 radical (unpaired) electrons. The van der Waals surface area contributed by atoms with Crippen molar-refractivity contribution in [3.8, 4) is 6.07 Å². The Morgan fingerprint density at radius 1 is 1.17 bits per heavy atom. The Labute approximate surface area is 144 Å². The molecule has 0 bridgehead atoms. The van der Waals surface area contributed by atoms with Gasteiger partial charge in [0.2, 0.25) is 0 Å². The van der Waals surface area contributed by atoms with Crippen LogP contribution in [0.5, 0.6) is 0 Å². The van der Waals surface area contributed by atoms with Crippen LogP contribution < -0.4 is 4.90 Å². The van der Waals surface area contributed by atoms with Crippen molar-refractivity contribution in [2.24, 2.45) is 5.92 Å². The smallest absolute Gasteiger partial charge is 0.158 e. The zero-order chi connectivity index (χ0) is 16.9. The van der Waals surface area contributed by atoms with Gasteiger partial charge in [-0.1, -0.05) is 0 Å². The summed E-state index contributed by atoms with van der Waals surface area (Å²) < 4.78 is 5.81. The standard InChI is InChI=1S/C18H27N5O/c1-14-12-22(13-15(2)24-14)6-3-16-4-7-23(8-5-16)18-11-20-17(9-19)10-21-18/h10-11,14-16H,3-8,12-13H2,1-2H3. The fraction of sp³-hybridized carbons (Fsp3) is 0.722. The molecule has 130 valence electrons. The first-order valence-electron chi connectivity index (χ1n) is 8.99. The zero-order valence-electron chi connectivity index (χ0n) is 14.7. The zero-order valence-corrected chi connectivity index (χ0v) is 14.7. The number of morpholine rings is 1. The SMILES string of the molecule is CC1CN(CCC2CCN(c3cnc(C#N)cn3)CC2)CC(C)O1. The molecule has 2 atom stereocenters. The number of hydrogen-bond acceptors (Lipinski definition) is 6. The summed E-state index contributed by atoms with van der Waals surface area (Å²) in [4.78, 5) is 13.3. The second-order valence-corrected chi connectivity index (χ2v) is 7.11. The third-order valence-corrected chi connectivity index (χ3v) is 5.04. The Morgan fingerprint density at radius 3 is 2.46 bits per heavy atom. The van der Waals surface area contributed by atoms with E-state index in [1.54, 1.807) is 12.4 Å². The largest absolute Gasteiger partial charge is 0.373 e. The van der Waals surface area contributed by atoms with E-state index in [1.165, 1.54) is 25.8 Å². The number of nitriles is 1. The summed E-state index contributed by atoms with van der Waals surface area (Å²) in [5, 5.41) is 8.79.